The van der Waals surface area contributed by atoms with Crippen molar-refractivity contribution in [2.24, 2.45) is 0 Å². The third kappa shape index (κ3) is 5.03. The molecule has 0 rings (SSSR count). The van der Waals surface area contributed by atoms with E-state index in [1.54, 1.807) is 0 Å². The number of hydrogen-bond acceptors (Lipinski definition) is 4. The van der Waals surface area contributed by atoms with E-state index in [1.807, 2.05) is 13.8 Å². The van der Waals surface area contributed by atoms with Gasteiger partial charge in [-0.15, -0.1) is 11.8 Å². The Morgan fingerprint density at radius 2 is 2.00 bits per heavy atom. The smallest absolute Gasteiger partial charge is 0.317 e. The van der Waals surface area contributed by atoms with Gasteiger partial charge in [0.1, 0.15) is 4.93 Å². The summed E-state index contributed by atoms with van der Waals surface area (Å²) in [6, 6.07) is 0. The fourth-order valence-corrected chi connectivity index (χ4v) is 2.95. The van der Waals surface area contributed by atoms with Gasteiger partial charge < -0.3 is 10.00 Å². The summed E-state index contributed by atoms with van der Waals surface area (Å²) in [5.41, 5.74) is 0. The zero-order chi connectivity index (χ0) is 10.3. The Balaban J connectivity index is 4.21. The average molecular weight is 228 g/mol. The number of aliphatic hydroxyl groups is 1. The first-order chi connectivity index (χ1) is 6.10. The molecule has 0 amide bonds. The molecule has 0 aliphatic carbocycles. The summed E-state index contributed by atoms with van der Waals surface area (Å²) in [7, 11) is -2.90. The predicted molar refractivity (Wildman–Crippen MR) is 55.2 cm³/mol. The van der Waals surface area contributed by atoms with Crippen LogP contribution in [0.25, 0.3) is 0 Å². The van der Waals surface area contributed by atoms with E-state index in [0.29, 0.717) is 18.6 Å². The SMILES string of the molecule is CCC(CC)(O[PH](=O)O)SCCO. The maximum atomic E-state index is 10.6. The second kappa shape index (κ2) is 6.85. The van der Waals surface area contributed by atoms with E-state index in [4.69, 9.17) is 14.5 Å². The molecule has 0 heterocycles. The fraction of sp³-hybridized carbons (Fsp3) is 1.00. The molecule has 0 aromatic rings. The molecule has 13 heavy (non-hydrogen) atoms. The van der Waals surface area contributed by atoms with Crippen molar-refractivity contribution in [1.29, 1.82) is 0 Å². The minimum Gasteiger partial charge on any atom is -0.396 e. The third-order valence-corrected chi connectivity index (χ3v) is 4.09. The van der Waals surface area contributed by atoms with Gasteiger partial charge in [-0.05, 0) is 12.8 Å². The lowest BCUT2D eigenvalue weighted by atomic mass is 10.2. The van der Waals surface area contributed by atoms with Crippen LogP contribution in [0.4, 0.5) is 0 Å². The summed E-state index contributed by atoms with van der Waals surface area (Å²) >= 11 is 1.39. The molecule has 0 aliphatic rings. The Hall–Kier alpha value is 0.460. The van der Waals surface area contributed by atoms with E-state index in [2.05, 4.69) is 0 Å². The maximum Gasteiger partial charge on any atom is 0.317 e. The van der Waals surface area contributed by atoms with Crippen LogP contribution in [0.1, 0.15) is 26.7 Å². The van der Waals surface area contributed by atoms with Crippen molar-refractivity contribution < 1.29 is 19.1 Å². The summed E-state index contributed by atoms with van der Waals surface area (Å²) in [6.07, 6.45) is 1.32. The molecule has 0 radical (unpaired) electrons. The highest BCUT2D eigenvalue weighted by Crippen LogP contribution is 2.40. The van der Waals surface area contributed by atoms with Gasteiger partial charge in [0.25, 0.3) is 0 Å². The molecule has 1 unspecified atom stereocenters. The van der Waals surface area contributed by atoms with Gasteiger partial charge in [-0.25, -0.2) is 0 Å². The number of hydrogen-bond donors (Lipinski definition) is 2. The van der Waals surface area contributed by atoms with Gasteiger partial charge in [-0.2, -0.15) is 0 Å². The van der Waals surface area contributed by atoms with Gasteiger partial charge >= 0.3 is 8.25 Å². The predicted octanol–water partition coefficient (Wildman–Crippen LogP) is 1.63. The third-order valence-electron chi connectivity index (χ3n) is 1.81. The van der Waals surface area contributed by atoms with Gasteiger partial charge in [0, 0.05) is 5.75 Å². The second-order valence-corrected chi connectivity index (χ2v) is 4.73. The normalized spacial score (nSPS) is 14.5. The first kappa shape index (κ1) is 13.5. The van der Waals surface area contributed by atoms with E-state index < -0.39 is 13.2 Å². The van der Waals surface area contributed by atoms with Crippen LogP contribution in [0.3, 0.4) is 0 Å². The molecule has 0 saturated heterocycles. The highest BCUT2D eigenvalue weighted by atomic mass is 32.2. The summed E-state index contributed by atoms with van der Waals surface area (Å²) in [4.78, 5) is 8.09. The average Bonchev–Trinajstić information content (AvgIpc) is 2.12. The Bertz CT molecular complexity index is 161. The molecule has 0 bridgehead atoms. The zero-order valence-electron chi connectivity index (χ0n) is 7.95. The lowest BCUT2D eigenvalue weighted by Crippen LogP contribution is -2.25. The quantitative estimate of drug-likeness (QED) is 0.512. The molecule has 0 aliphatic heterocycles. The van der Waals surface area contributed by atoms with E-state index in [-0.39, 0.29) is 6.61 Å². The number of thioether (sulfide) groups is 1. The van der Waals surface area contributed by atoms with Crippen LogP contribution in [0.2, 0.25) is 0 Å². The Kier molecular flexibility index (Phi) is 7.09. The van der Waals surface area contributed by atoms with E-state index >= 15 is 0 Å². The monoisotopic (exact) mass is 228 g/mol. The lowest BCUT2D eigenvalue weighted by molar-refractivity contribution is 0.147. The van der Waals surface area contributed by atoms with Crippen molar-refractivity contribution in [1.82, 2.24) is 0 Å². The topological polar surface area (TPSA) is 66.8 Å². The van der Waals surface area contributed by atoms with Crippen LogP contribution in [0.5, 0.6) is 0 Å². The van der Waals surface area contributed by atoms with Crippen molar-refractivity contribution in [3.8, 4) is 0 Å². The van der Waals surface area contributed by atoms with E-state index in [9.17, 15) is 4.57 Å². The van der Waals surface area contributed by atoms with Crippen molar-refractivity contribution >= 4 is 20.0 Å². The second-order valence-electron chi connectivity index (χ2n) is 2.56. The first-order valence-electron chi connectivity index (χ1n) is 4.27. The summed E-state index contributed by atoms with van der Waals surface area (Å²) in [5, 5.41) is 8.65. The highest BCUT2D eigenvalue weighted by Gasteiger charge is 2.29. The van der Waals surface area contributed by atoms with Crippen LogP contribution < -0.4 is 0 Å². The molecule has 2 N–H and O–H groups in total. The largest absolute Gasteiger partial charge is 0.396 e. The summed E-state index contributed by atoms with van der Waals surface area (Å²) < 4.78 is 15.6. The van der Waals surface area contributed by atoms with Gasteiger partial charge in [-0.3, -0.25) is 9.09 Å². The molecule has 0 saturated carbocycles. The van der Waals surface area contributed by atoms with Gasteiger partial charge in [0.2, 0.25) is 0 Å². The lowest BCUT2D eigenvalue weighted by Gasteiger charge is -2.29. The minimum atomic E-state index is -2.90. The number of rotatable bonds is 7. The summed E-state index contributed by atoms with van der Waals surface area (Å²) in [5.74, 6) is 0.525. The molecule has 0 aromatic heterocycles. The van der Waals surface area contributed by atoms with Crippen molar-refractivity contribution in [3.63, 3.8) is 0 Å². The fourth-order valence-electron chi connectivity index (χ4n) is 1.02. The Labute approximate surface area is 83.6 Å². The molecule has 0 spiro atoms. The molecular weight excluding hydrogens is 211 g/mol. The van der Waals surface area contributed by atoms with Gasteiger partial charge in [0.15, 0.2) is 0 Å². The molecule has 4 nitrogen and oxygen atoms in total. The molecule has 6 heteroatoms. The number of aliphatic hydroxyl groups excluding tert-OH is 1. The standard InChI is InChI=1S/C7H17O4PS/c1-3-7(4-2,11-12(9)10)13-6-5-8/h8,12H,3-6H2,1-2H3,(H,9,10). The molecule has 80 valence electrons. The van der Waals surface area contributed by atoms with E-state index in [1.165, 1.54) is 11.8 Å². The minimum absolute atomic E-state index is 0.0577. The van der Waals surface area contributed by atoms with E-state index in [0.717, 1.165) is 0 Å². The molecule has 0 fully saturated rings. The highest BCUT2D eigenvalue weighted by molar-refractivity contribution is 8.00. The van der Waals surface area contributed by atoms with Gasteiger partial charge in [0.05, 0.1) is 6.61 Å². The van der Waals surface area contributed by atoms with Crippen molar-refractivity contribution in [2.45, 2.75) is 31.6 Å². The zero-order valence-corrected chi connectivity index (χ0v) is 9.76. The van der Waals surface area contributed by atoms with Crippen molar-refractivity contribution in [3.05, 3.63) is 0 Å². The van der Waals surface area contributed by atoms with Gasteiger partial charge in [-0.1, -0.05) is 13.8 Å². The van der Waals surface area contributed by atoms with Crippen LogP contribution in [0, 0.1) is 0 Å². The van der Waals surface area contributed by atoms with Crippen LogP contribution >= 0.6 is 20.0 Å². The molecule has 1 atom stereocenters. The molecular formula is C7H17O4PS. The van der Waals surface area contributed by atoms with Crippen LogP contribution in [-0.4, -0.2) is 27.3 Å². The van der Waals surface area contributed by atoms with Crippen molar-refractivity contribution in [2.75, 3.05) is 12.4 Å². The molecule has 0 aromatic carbocycles. The maximum absolute atomic E-state index is 10.6. The Morgan fingerprint density at radius 1 is 1.46 bits per heavy atom. The Morgan fingerprint density at radius 3 is 2.31 bits per heavy atom. The summed E-state index contributed by atoms with van der Waals surface area (Å²) in [6.45, 7) is 3.86. The first-order valence-corrected chi connectivity index (χ1v) is 6.52. The van der Waals surface area contributed by atoms with Crippen LogP contribution in [-0.2, 0) is 9.09 Å². The van der Waals surface area contributed by atoms with Crippen LogP contribution in [0.15, 0.2) is 0 Å².